The van der Waals surface area contributed by atoms with Crippen LogP contribution in [-0.2, 0) is 6.54 Å². The van der Waals surface area contributed by atoms with E-state index in [0.717, 1.165) is 36.1 Å². The largest absolute Gasteiger partial charge is 0.312 e. The van der Waals surface area contributed by atoms with Crippen molar-refractivity contribution in [3.05, 3.63) is 21.3 Å². The Hall–Kier alpha value is -0.0900. The zero-order chi connectivity index (χ0) is 12.5. The molecule has 100 valence electrons. The molecule has 3 heterocycles. The third kappa shape index (κ3) is 2.74. The number of halogens is 1. The van der Waals surface area contributed by atoms with Crippen LogP contribution in [0.1, 0.15) is 30.6 Å². The second-order valence-electron chi connectivity index (χ2n) is 5.75. The summed E-state index contributed by atoms with van der Waals surface area (Å²) in [7, 11) is 2.31. The van der Waals surface area contributed by atoms with Crippen LogP contribution in [0.5, 0.6) is 0 Å². The molecule has 0 aliphatic carbocycles. The Labute approximate surface area is 118 Å². The van der Waals surface area contributed by atoms with Crippen LogP contribution in [0.2, 0.25) is 5.02 Å². The van der Waals surface area contributed by atoms with Gasteiger partial charge in [0.25, 0.3) is 0 Å². The highest BCUT2D eigenvalue weighted by Gasteiger charge is 2.37. The standard InChI is InChI=1S/C14H21ClN2S/c1-17-12-2-3-13(17)5-10(4-12)7-16-8-14-6-11(15)9-18-14/h6,9-10,12-13,16H,2-5,7-8H2,1H3. The van der Waals surface area contributed by atoms with Gasteiger partial charge in [0.05, 0.1) is 5.02 Å². The smallest absolute Gasteiger partial charge is 0.0516 e. The van der Waals surface area contributed by atoms with E-state index in [1.54, 1.807) is 11.3 Å². The van der Waals surface area contributed by atoms with E-state index in [1.165, 1.54) is 30.6 Å². The minimum Gasteiger partial charge on any atom is -0.312 e. The third-order valence-electron chi connectivity index (χ3n) is 4.55. The van der Waals surface area contributed by atoms with Crippen LogP contribution >= 0.6 is 22.9 Å². The van der Waals surface area contributed by atoms with Gasteiger partial charge in [-0.3, -0.25) is 0 Å². The Morgan fingerprint density at radius 3 is 2.72 bits per heavy atom. The van der Waals surface area contributed by atoms with Gasteiger partial charge in [0.1, 0.15) is 0 Å². The second-order valence-corrected chi connectivity index (χ2v) is 7.18. The first-order valence-corrected chi connectivity index (χ1v) is 8.13. The number of rotatable bonds is 4. The Morgan fingerprint density at radius 1 is 1.39 bits per heavy atom. The zero-order valence-electron chi connectivity index (χ0n) is 10.9. The lowest BCUT2D eigenvalue weighted by Crippen LogP contribution is -2.42. The van der Waals surface area contributed by atoms with Crippen molar-refractivity contribution in [2.45, 2.75) is 44.3 Å². The summed E-state index contributed by atoms with van der Waals surface area (Å²) in [4.78, 5) is 3.95. The normalized spacial score (nSPS) is 32.0. The Bertz CT molecular complexity index is 392. The van der Waals surface area contributed by atoms with Crippen molar-refractivity contribution >= 4 is 22.9 Å². The van der Waals surface area contributed by atoms with Gasteiger partial charge in [-0.15, -0.1) is 11.3 Å². The number of piperidine rings is 1. The molecule has 0 amide bonds. The summed E-state index contributed by atoms with van der Waals surface area (Å²) >= 11 is 7.67. The van der Waals surface area contributed by atoms with Gasteiger partial charge in [-0.2, -0.15) is 0 Å². The molecule has 0 aromatic carbocycles. The number of fused-ring (bicyclic) bond motifs is 2. The van der Waals surface area contributed by atoms with Gasteiger partial charge in [-0.1, -0.05) is 11.6 Å². The van der Waals surface area contributed by atoms with E-state index >= 15 is 0 Å². The molecule has 4 heteroatoms. The minimum atomic E-state index is 0.853. The summed E-state index contributed by atoms with van der Waals surface area (Å²) < 4.78 is 0. The number of nitrogens with zero attached hydrogens (tertiary/aromatic N) is 1. The molecule has 2 unspecified atom stereocenters. The van der Waals surface area contributed by atoms with E-state index in [9.17, 15) is 0 Å². The highest BCUT2D eigenvalue weighted by molar-refractivity contribution is 7.10. The lowest BCUT2D eigenvalue weighted by Gasteiger charge is -2.36. The molecule has 0 spiro atoms. The number of hydrogen-bond acceptors (Lipinski definition) is 3. The van der Waals surface area contributed by atoms with Crippen molar-refractivity contribution in [3.8, 4) is 0 Å². The molecule has 2 fully saturated rings. The average Bonchev–Trinajstić information content (AvgIpc) is 2.82. The molecular formula is C14H21ClN2S. The summed E-state index contributed by atoms with van der Waals surface area (Å²) in [5.74, 6) is 0.870. The van der Waals surface area contributed by atoms with Crippen molar-refractivity contribution in [1.82, 2.24) is 10.2 Å². The molecule has 2 aliphatic rings. The van der Waals surface area contributed by atoms with Crippen molar-refractivity contribution in [2.24, 2.45) is 5.92 Å². The fourth-order valence-corrected chi connectivity index (χ4v) is 4.58. The predicted molar refractivity (Wildman–Crippen MR) is 78.3 cm³/mol. The van der Waals surface area contributed by atoms with Gasteiger partial charge in [-0.25, -0.2) is 0 Å². The van der Waals surface area contributed by atoms with Crippen LogP contribution in [0.4, 0.5) is 0 Å². The molecule has 2 saturated heterocycles. The molecule has 18 heavy (non-hydrogen) atoms. The fourth-order valence-electron chi connectivity index (χ4n) is 3.54. The van der Waals surface area contributed by atoms with Gasteiger partial charge in [-0.05, 0) is 51.3 Å². The summed E-state index contributed by atoms with van der Waals surface area (Å²) in [6.07, 6.45) is 5.59. The monoisotopic (exact) mass is 284 g/mol. The van der Waals surface area contributed by atoms with Crippen LogP contribution in [-0.4, -0.2) is 30.6 Å². The van der Waals surface area contributed by atoms with E-state index in [-0.39, 0.29) is 0 Å². The number of hydrogen-bond donors (Lipinski definition) is 1. The number of nitrogens with one attached hydrogen (secondary N) is 1. The van der Waals surface area contributed by atoms with E-state index in [4.69, 9.17) is 11.6 Å². The maximum Gasteiger partial charge on any atom is 0.0516 e. The molecule has 2 atom stereocenters. The van der Waals surface area contributed by atoms with Crippen LogP contribution in [0, 0.1) is 5.92 Å². The molecule has 3 rings (SSSR count). The third-order valence-corrected chi connectivity index (χ3v) is 5.83. The van der Waals surface area contributed by atoms with E-state index < -0.39 is 0 Å². The Morgan fingerprint density at radius 2 is 2.11 bits per heavy atom. The lowest BCUT2D eigenvalue weighted by molar-refractivity contribution is 0.133. The topological polar surface area (TPSA) is 15.3 Å². The van der Waals surface area contributed by atoms with Crippen molar-refractivity contribution in [3.63, 3.8) is 0 Å². The van der Waals surface area contributed by atoms with Gasteiger partial charge in [0.2, 0.25) is 0 Å². The maximum absolute atomic E-state index is 5.93. The number of thiophene rings is 1. The molecule has 2 bridgehead atoms. The lowest BCUT2D eigenvalue weighted by atomic mass is 9.91. The highest BCUT2D eigenvalue weighted by atomic mass is 35.5. The Balaban J connectivity index is 1.44. The first-order chi connectivity index (χ1) is 8.72. The molecule has 1 aromatic heterocycles. The second kappa shape index (κ2) is 5.49. The van der Waals surface area contributed by atoms with Crippen molar-refractivity contribution in [1.29, 1.82) is 0 Å². The summed E-state index contributed by atoms with van der Waals surface area (Å²) in [6.45, 7) is 2.13. The minimum absolute atomic E-state index is 0.853. The van der Waals surface area contributed by atoms with E-state index in [0.29, 0.717) is 0 Å². The van der Waals surface area contributed by atoms with E-state index in [2.05, 4.69) is 23.3 Å². The molecule has 0 saturated carbocycles. The first kappa shape index (κ1) is 12.9. The molecule has 1 aromatic rings. The highest BCUT2D eigenvalue weighted by Crippen LogP contribution is 2.37. The van der Waals surface area contributed by atoms with Gasteiger partial charge in [0.15, 0.2) is 0 Å². The maximum atomic E-state index is 5.93. The zero-order valence-corrected chi connectivity index (χ0v) is 12.4. The SMILES string of the molecule is CN1C2CCC1CC(CNCc1cc(Cl)cs1)C2. The van der Waals surface area contributed by atoms with Crippen molar-refractivity contribution in [2.75, 3.05) is 13.6 Å². The van der Waals surface area contributed by atoms with E-state index in [1.807, 2.05) is 5.38 Å². The molecule has 2 aliphatic heterocycles. The fraction of sp³-hybridized carbons (Fsp3) is 0.714. The van der Waals surface area contributed by atoms with Crippen molar-refractivity contribution < 1.29 is 0 Å². The first-order valence-electron chi connectivity index (χ1n) is 6.88. The Kier molecular flexibility index (Phi) is 3.94. The quantitative estimate of drug-likeness (QED) is 0.912. The summed E-state index contributed by atoms with van der Waals surface area (Å²) in [5.41, 5.74) is 0. The van der Waals surface area contributed by atoms with Crippen LogP contribution in [0.3, 0.4) is 0 Å². The average molecular weight is 285 g/mol. The van der Waals surface area contributed by atoms with Crippen LogP contribution in [0.15, 0.2) is 11.4 Å². The predicted octanol–water partition coefficient (Wildman–Crippen LogP) is 3.36. The van der Waals surface area contributed by atoms with Gasteiger partial charge >= 0.3 is 0 Å². The molecule has 0 radical (unpaired) electrons. The summed E-state index contributed by atoms with van der Waals surface area (Å²) in [6, 6.07) is 3.77. The van der Waals surface area contributed by atoms with Crippen LogP contribution < -0.4 is 5.32 Å². The molecular weight excluding hydrogens is 264 g/mol. The molecule has 1 N–H and O–H groups in total. The summed E-state index contributed by atoms with van der Waals surface area (Å²) in [5, 5.41) is 6.48. The van der Waals surface area contributed by atoms with Gasteiger partial charge in [0, 0.05) is 28.9 Å². The van der Waals surface area contributed by atoms with Gasteiger partial charge < -0.3 is 10.2 Å². The molecule has 2 nitrogen and oxygen atoms in total. The van der Waals surface area contributed by atoms with Crippen LogP contribution in [0.25, 0.3) is 0 Å².